The molecule has 120 valence electrons. The number of benzene rings is 1. The summed E-state index contributed by atoms with van der Waals surface area (Å²) in [7, 11) is 0. The van der Waals surface area contributed by atoms with E-state index in [0.717, 1.165) is 25.2 Å². The number of rotatable bonds is 3. The zero-order valence-electron chi connectivity index (χ0n) is 12.6. The zero-order chi connectivity index (χ0) is 15.4. The summed E-state index contributed by atoms with van der Waals surface area (Å²) in [5.74, 6) is 0.229. The lowest BCUT2D eigenvalue weighted by atomic mass is 10.1. The van der Waals surface area contributed by atoms with E-state index in [4.69, 9.17) is 4.74 Å². The Morgan fingerprint density at radius 3 is 2.68 bits per heavy atom. The highest BCUT2D eigenvalue weighted by Gasteiger charge is 2.24. The Labute approximate surface area is 130 Å². The molecule has 1 N–H and O–H groups in total. The van der Waals surface area contributed by atoms with E-state index in [-0.39, 0.29) is 11.8 Å². The van der Waals surface area contributed by atoms with Crippen LogP contribution in [-0.4, -0.2) is 56.9 Å². The predicted octanol–water partition coefficient (Wildman–Crippen LogP) is 1.69. The SMILES string of the molecule is O=C(NCC1CCN(c2ccc(F)cc2)C1)N1CCOCC1. The Balaban J connectivity index is 1.44. The van der Waals surface area contributed by atoms with E-state index in [9.17, 15) is 9.18 Å². The van der Waals surface area contributed by atoms with E-state index >= 15 is 0 Å². The third-order valence-electron chi connectivity index (χ3n) is 4.32. The first-order valence-corrected chi connectivity index (χ1v) is 7.83. The van der Waals surface area contributed by atoms with Gasteiger partial charge in [0.15, 0.2) is 0 Å². The largest absolute Gasteiger partial charge is 0.378 e. The Kier molecular flexibility index (Phi) is 4.77. The van der Waals surface area contributed by atoms with Gasteiger partial charge in [0, 0.05) is 38.4 Å². The molecule has 0 spiro atoms. The number of carbonyl (C=O) groups is 1. The van der Waals surface area contributed by atoms with E-state index in [2.05, 4.69) is 10.2 Å². The topological polar surface area (TPSA) is 44.8 Å². The maximum atomic E-state index is 13.0. The Morgan fingerprint density at radius 2 is 1.95 bits per heavy atom. The average Bonchev–Trinajstić information content (AvgIpc) is 3.03. The monoisotopic (exact) mass is 307 g/mol. The van der Waals surface area contributed by atoms with Gasteiger partial charge in [-0.25, -0.2) is 9.18 Å². The molecule has 22 heavy (non-hydrogen) atoms. The molecule has 2 saturated heterocycles. The van der Waals surface area contributed by atoms with E-state index in [1.165, 1.54) is 12.1 Å². The van der Waals surface area contributed by atoms with Crippen LogP contribution in [-0.2, 0) is 4.74 Å². The van der Waals surface area contributed by atoms with Crippen molar-refractivity contribution in [3.8, 4) is 0 Å². The molecule has 0 aliphatic carbocycles. The van der Waals surface area contributed by atoms with Crippen LogP contribution in [0.4, 0.5) is 14.9 Å². The van der Waals surface area contributed by atoms with Gasteiger partial charge in [-0.3, -0.25) is 0 Å². The molecule has 2 amide bonds. The van der Waals surface area contributed by atoms with Crippen LogP contribution in [0.5, 0.6) is 0 Å². The third kappa shape index (κ3) is 3.68. The minimum atomic E-state index is -0.211. The zero-order valence-corrected chi connectivity index (χ0v) is 12.6. The number of morpholine rings is 1. The van der Waals surface area contributed by atoms with Crippen LogP contribution in [0.15, 0.2) is 24.3 Å². The first kappa shape index (κ1) is 15.1. The van der Waals surface area contributed by atoms with Gasteiger partial charge in [-0.1, -0.05) is 0 Å². The number of ether oxygens (including phenoxy) is 1. The van der Waals surface area contributed by atoms with Gasteiger partial charge in [0.25, 0.3) is 0 Å². The molecule has 2 aliphatic rings. The second-order valence-electron chi connectivity index (χ2n) is 5.86. The van der Waals surface area contributed by atoms with Crippen LogP contribution in [0.2, 0.25) is 0 Å². The van der Waals surface area contributed by atoms with Gasteiger partial charge in [-0.05, 0) is 36.6 Å². The van der Waals surface area contributed by atoms with Crippen LogP contribution in [0, 0.1) is 11.7 Å². The van der Waals surface area contributed by atoms with Gasteiger partial charge >= 0.3 is 6.03 Å². The molecule has 6 heteroatoms. The normalized spacial score (nSPS) is 22.0. The Hall–Kier alpha value is -1.82. The quantitative estimate of drug-likeness (QED) is 0.924. The summed E-state index contributed by atoms with van der Waals surface area (Å²) in [6, 6.07) is 6.60. The number of anilines is 1. The van der Waals surface area contributed by atoms with E-state index in [1.807, 2.05) is 12.1 Å². The Morgan fingerprint density at radius 1 is 1.23 bits per heavy atom. The van der Waals surface area contributed by atoms with Crippen molar-refractivity contribution in [1.82, 2.24) is 10.2 Å². The van der Waals surface area contributed by atoms with Crippen molar-refractivity contribution >= 4 is 11.7 Å². The van der Waals surface area contributed by atoms with Crippen LogP contribution in [0.3, 0.4) is 0 Å². The molecule has 0 bridgehead atoms. The highest BCUT2D eigenvalue weighted by atomic mass is 19.1. The maximum absolute atomic E-state index is 13.0. The average molecular weight is 307 g/mol. The van der Waals surface area contributed by atoms with Gasteiger partial charge in [-0.15, -0.1) is 0 Å². The van der Waals surface area contributed by atoms with Gasteiger partial charge in [0.2, 0.25) is 0 Å². The lowest BCUT2D eigenvalue weighted by Crippen LogP contribution is -2.47. The minimum absolute atomic E-state index is 0.00327. The summed E-state index contributed by atoms with van der Waals surface area (Å²) in [5.41, 5.74) is 1.04. The van der Waals surface area contributed by atoms with Crippen molar-refractivity contribution in [3.05, 3.63) is 30.1 Å². The number of amides is 2. The first-order chi connectivity index (χ1) is 10.7. The summed E-state index contributed by atoms with van der Waals surface area (Å²) in [6.07, 6.45) is 1.04. The number of hydrogen-bond acceptors (Lipinski definition) is 3. The Bertz CT molecular complexity index is 503. The van der Waals surface area contributed by atoms with Crippen molar-refractivity contribution in [2.45, 2.75) is 6.42 Å². The molecular weight excluding hydrogens is 285 g/mol. The molecule has 3 rings (SSSR count). The van der Waals surface area contributed by atoms with Crippen molar-refractivity contribution < 1.29 is 13.9 Å². The number of halogens is 1. The van der Waals surface area contributed by atoms with Crippen LogP contribution in [0.1, 0.15) is 6.42 Å². The second kappa shape index (κ2) is 6.96. The third-order valence-corrected chi connectivity index (χ3v) is 4.32. The number of carbonyl (C=O) groups excluding carboxylic acids is 1. The molecular formula is C16H22FN3O2. The van der Waals surface area contributed by atoms with Crippen LogP contribution < -0.4 is 10.2 Å². The van der Waals surface area contributed by atoms with Gasteiger partial charge in [0.1, 0.15) is 5.82 Å². The fraction of sp³-hybridized carbons (Fsp3) is 0.562. The molecule has 1 unspecified atom stereocenters. The van der Waals surface area contributed by atoms with Gasteiger partial charge in [-0.2, -0.15) is 0 Å². The first-order valence-electron chi connectivity index (χ1n) is 7.83. The summed E-state index contributed by atoms with van der Waals surface area (Å²) >= 11 is 0. The highest BCUT2D eigenvalue weighted by molar-refractivity contribution is 5.74. The van der Waals surface area contributed by atoms with Crippen LogP contribution >= 0.6 is 0 Å². The molecule has 0 radical (unpaired) electrons. The lowest BCUT2D eigenvalue weighted by molar-refractivity contribution is 0.0530. The lowest BCUT2D eigenvalue weighted by Gasteiger charge is -2.27. The summed E-state index contributed by atoms with van der Waals surface area (Å²) < 4.78 is 18.2. The molecule has 2 aliphatic heterocycles. The molecule has 0 saturated carbocycles. The fourth-order valence-corrected chi connectivity index (χ4v) is 3.00. The molecule has 2 fully saturated rings. The molecule has 1 atom stereocenters. The molecule has 1 aromatic rings. The number of urea groups is 1. The van der Waals surface area contributed by atoms with Crippen LogP contribution in [0.25, 0.3) is 0 Å². The minimum Gasteiger partial charge on any atom is -0.378 e. The summed E-state index contributed by atoms with van der Waals surface area (Å²) in [5, 5.41) is 3.02. The fourth-order valence-electron chi connectivity index (χ4n) is 3.00. The van der Waals surface area contributed by atoms with E-state index in [0.29, 0.717) is 38.8 Å². The summed E-state index contributed by atoms with van der Waals surface area (Å²) in [6.45, 7) is 5.10. The van der Waals surface area contributed by atoms with Gasteiger partial charge < -0.3 is 19.9 Å². The standard InChI is InChI=1S/C16H22FN3O2/c17-14-1-3-15(4-2-14)20-6-5-13(12-20)11-18-16(21)19-7-9-22-10-8-19/h1-4,13H,5-12H2,(H,18,21). The van der Waals surface area contributed by atoms with Gasteiger partial charge in [0.05, 0.1) is 13.2 Å². The number of nitrogens with zero attached hydrogens (tertiary/aromatic N) is 2. The maximum Gasteiger partial charge on any atom is 0.317 e. The molecule has 1 aromatic carbocycles. The van der Waals surface area contributed by atoms with E-state index < -0.39 is 0 Å². The van der Waals surface area contributed by atoms with E-state index in [1.54, 1.807) is 4.90 Å². The molecule has 5 nitrogen and oxygen atoms in total. The number of nitrogens with one attached hydrogen (secondary N) is 1. The van der Waals surface area contributed by atoms with Crippen molar-refractivity contribution in [3.63, 3.8) is 0 Å². The van der Waals surface area contributed by atoms with Crippen molar-refractivity contribution in [2.24, 2.45) is 5.92 Å². The van der Waals surface area contributed by atoms with Crippen molar-refractivity contribution in [1.29, 1.82) is 0 Å². The van der Waals surface area contributed by atoms with Crippen molar-refractivity contribution in [2.75, 3.05) is 50.8 Å². The predicted molar refractivity (Wildman–Crippen MR) is 82.5 cm³/mol. The molecule has 2 heterocycles. The second-order valence-corrected chi connectivity index (χ2v) is 5.86. The summed E-state index contributed by atoms with van der Waals surface area (Å²) in [4.78, 5) is 16.1. The highest BCUT2D eigenvalue weighted by Crippen LogP contribution is 2.23. The smallest absolute Gasteiger partial charge is 0.317 e. The molecule has 0 aromatic heterocycles. The number of hydrogen-bond donors (Lipinski definition) is 1.